The number of aryl methyl sites for hydroxylation is 1. The molecule has 3 nitrogen and oxygen atoms in total. The van der Waals surface area contributed by atoms with Crippen molar-refractivity contribution in [2.45, 2.75) is 43.8 Å². The first-order chi connectivity index (χ1) is 9.04. The predicted octanol–water partition coefficient (Wildman–Crippen LogP) is 2.26. The van der Waals surface area contributed by atoms with E-state index in [0.29, 0.717) is 13.0 Å². The lowest BCUT2D eigenvalue weighted by Crippen LogP contribution is -2.28. The number of hydrogen-bond acceptors (Lipinski definition) is 3. The molecular formula is C15H23NO2S. The molecule has 106 valence electrons. The molecule has 1 aromatic carbocycles. The molecule has 0 amide bonds. The number of sulfone groups is 1. The van der Waals surface area contributed by atoms with E-state index in [1.165, 1.54) is 11.1 Å². The molecule has 1 aliphatic rings. The molecule has 2 N–H and O–H groups in total. The van der Waals surface area contributed by atoms with Crippen molar-refractivity contribution < 1.29 is 8.42 Å². The first-order valence-corrected chi connectivity index (χ1v) is 8.75. The second-order valence-electron chi connectivity index (χ2n) is 5.51. The van der Waals surface area contributed by atoms with Crippen LogP contribution in [0.4, 0.5) is 0 Å². The summed E-state index contributed by atoms with van der Waals surface area (Å²) in [5, 5.41) is -0.327. The minimum absolute atomic E-state index is 0.162. The molecule has 0 heterocycles. The summed E-state index contributed by atoms with van der Waals surface area (Å²) >= 11 is 0. The molecule has 0 aliphatic heterocycles. The molecular weight excluding hydrogens is 258 g/mol. The molecule has 4 heteroatoms. The van der Waals surface area contributed by atoms with Crippen LogP contribution in [0.5, 0.6) is 0 Å². The number of hydrogen-bond donors (Lipinski definition) is 1. The standard InChI is InChI=1S/C15H23NO2S/c1-12(9-10-16)19(17,18)11-14-7-4-6-13-5-2-3-8-15(13)14/h2-3,5,8,12,14H,4,6-7,9-11,16H2,1H3. The summed E-state index contributed by atoms with van der Waals surface area (Å²) in [5.41, 5.74) is 8.02. The van der Waals surface area contributed by atoms with Gasteiger partial charge in [0, 0.05) is 0 Å². The molecule has 2 atom stereocenters. The second-order valence-corrected chi connectivity index (χ2v) is 7.97. The van der Waals surface area contributed by atoms with Crippen LogP contribution in [0.2, 0.25) is 0 Å². The van der Waals surface area contributed by atoms with Crippen molar-refractivity contribution in [2.75, 3.05) is 12.3 Å². The Bertz CT molecular complexity index is 525. The maximum Gasteiger partial charge on any atom is 0.153 e. The van der Waals surface area contributed by atoms with E-state index in [0.717, 1.165) is 19.3 Å². The zero-order valence-electron chi connectivity index (χ0n) is 11.5. The first kappa shape index (κ1) is 14.5. The monoisotopic (exact) mass is 281 g/mol. The van der Waals surface area contributed by atoms with E-state index in [1.54, 1.807) is 6.92 Å². The quantitative estimate of drug-likeness (QED) is 0.900. The molecule has 19 heavy (non-hydrogen) atoms. The molecule has 0 fully saturated rings. The maximum absolute atomic E-state index is 12.3. The Kier molecular flexibility index (Phi) is 4.63. The van der Waals surface area contributed by atoms with Gasteiger partial charge in [-0.2, -0.15) is 0 Å². The third-order valence-electron chi connectivity index (χ3n) is 4.11. The van der Waals surface area contributed by atoms with Crippen molar-refractivity contribution in [3.8, 4) is 0 Å². The lowest BCUT2D eigenvalue weighted by Gasteiger charge is -2.26. The van der Waals surface area contributed by atoms with Gasteiger partial charge in [-0.15, -0.1) is 0 Å². The highest BCUT2D eigenvalue weighted by molar-refractivity contribution is 7.92. The SMILES string of the molecule is CC(CCN)S(=O)(=O)CC1CCCc2ccccc21. The molecule has 0 radical (unpaired) electrons. The van der Waals surface area contributed by atoms with Gasteiger partial charge in [0.1, 0.15) is 0 Å². The molecule has 1 aromatic rings. The Hall–Kier alpha value is -0.870. The van der Waals surface area contributed by atoms with Crippen LogP contribution in [0.3, 0.4) is 0 Å². The second kappa shape index (κ2) is 6.06. The Labute approximate surface area is 116 Å². The van der Waals surface area contributed by atoms with Crippen molar-refractivity contribution in [1.82, 2.24) is 0 Å². The molecule has 1 aliphatic carbocycles. The van der Waals surface area contributed by atoms with Crippen molar-refractivity contribution >= 4 is 9.84 Å². The van der Waals surface area contributed by atoms with Gasteiger partial charge < -0.3 is 5.73 Å². The minimum atomic E-state index is -3.04. The highest BCUT2D eigenvalue weighted by Crippen LogP contribution is 2.33. The van der Waals surface area contributed by atoms with E-state index in [1.807, 2.05) is 12.1 Å². The summed E-state index contributed by atoms with van der Waals surface area (Å²) in [6.07, 6.45) is 3.69. The normalized spacial score (nSPS) is 20.8. The maximum atomic E-state index is 12.3. The number of nitrogens with two attached hydrogens (primary N) is 1. The highest BCUT2D eigenvalue weighted by Gasteiger charge is 2.28. The lowest BCUT2D eigenvalue weighted by molar-refractivity contribution is 0.547. The van der Waals surface area contributed by atoms with E-state index < -0.39 is 9.84 Å². The van der Waals surface area contributed by atoms with Crippen LogP contribution in [0.15, 0.2) is 24.3 Å². The number of benzene rings is 1. The first-order valence-electron chi connectivity index (χ1n) is 7.04. The van der Waals surface area contributed by atoms with Crippen molar-refractivity contribution in [3.05, 3.63) is 35.4 Å². The van der Waals surface area contributed by atoms with Gasteiger partial charge in [-0.1, -0.05) is 24.3 Å². The molecule has 0 aromatic heterocycles. The van der Waals surface area contributed by atoms with Crippen LogP contribution in [0.1, 0.15) is 43.2 Å². The highest BCUT2D eigenvalue weighted by atomic mass is 32.2. The fraction of sp³-hybridized carbons (Fsp3) is 0.600. The van der Waals surface area contributed by atoms with Crippen molar-refractivity contribution in [3.63, 3.8) is 0 Å². The third kappa shape index (κ3) is 3.37. The van der Waals surface area contributed by atoms with E-state index in [2.05, 4.69) is 12.1 Å². The van der Waals surface area contributed by atoms with E-state index in [-0.39, 0.29) is 16.9 Å². The van der Waals surface area contributed by atoms with E-state index in [9.17, 15) is 8.42 Å². The summed E-state index contributed by atoms with van der Waals surface area (Å²) < 4.78 is 24.7. The Morgan fingerprint density at radius 3 is 2.84 bits per heavy atom. The smallest absolute Gasteiger partial charge is 0.153 e. The summed E-state index contributed by atoms with van der Waals surface area (Å²) in [6, 6.07) is 8.25. The van der Waals surface area contributed by atoms with Gasteiger partial charge in [-0.25, -0.2) is 8.42 Å². The minimum Gasteiger partial charge on any atom is -0.330 e. The summed E-state index contributed by atoms with van der Waals surface area (Å²) in [7, 11) is -3.04. The van der Waals surface area contributed by atoms with Gasteiger partial charge in [0.05, 0.1) is 11.0 Å². The molecule has 0 saturated heterocycles. The predicted molar refractivity (Wildman–Crippen MR) is 79.0 cm³/mol. The Morgan fingerprint density at radius 1 is 1.37 bits per heavy atom. The van der Waals surface area contributed by atoms with Crippen LogP contribution in [0.25, 0.3) is 0 Å². The van der Waals surface area contributed by atoms with Gasteiger partial charge in [0.15, 0.2) is 9.84 Å². The number of rotatable bonds is 5. The molecule has 2 rings (SSSR count). The lowest BCUT2D eigenvalue weighted by atomic mass is 9.84. The van der Waals surface area contributed by atoms with Gasteiger partial charge in [-0.3, -0.25) is 0 Å². The topological polar surface area (TPSA) is 60.2 Å². The van der Waals surface area contributed by atoms with Gasteiger partial charge >= 0.3 is 0 Å². The van der Waals surface area contributed by atoms with Gasteiger partial charge in [-0.05, 0) is 56.2 Å². The molecule has 0 bridgehead atoms. The van der Waals surface area contributed by atoms with Crippen molar-refractivity contribution in [1.29, 1.82) is 0 Å². The van der Waals surface area contributed by atoms with E-state index in [4.69, 9.17) is 5.73 Å². The fourth-order valence-electron chi connectivity index (χ4n) is 2.89. The van der Waals surface area contributed by atoms with Crippen LogP contribution in [-0.2, 0) is 16.3 Å². The van der Waals surface area contributed by atoms with Crippen LogP contribution in [0, 0.1) is 0 Å². The van der Waals surface area contributed by atoms with Crippen LogP contribution < -0.4 is 5.73 Å². The zero-order chi connectivity index (χ0) is 13.9. The van der Waals surface area contributed by atoms with Crippen LogP contribution >= 0.6 is 0 Å². The molecule has 2 unspecified atom stereocenters. The van der Waals surface area contributed by atoms with Gasteiger partial charge in [0.25, 0.3) is 0 Å². The average molecular weight is 281 g/mol. The van der Waals surface area contributed by atoms with Crippen molar-refractivity contribution in [2.24, 2.45) is 5.73 Å². The molecule has 0 saturated carbocycles. The third-order valence-corrected chi connectivity index (χ3v) is 6.44. The largest absolute Gasteiger partial charge is 0.330 e. The van der Waals surface area contributed by atoms with Gasteiger partial charge in [0.2, 0.25) is 0 Å². The van der Waals surface area contributed by atoms with Crippen LogP contribution in [-0.4, -0.2) is 26.0 Å². The fourth-order valence-corrected chi connectivity index (χ4v) is 4.62. The Balaban J connectivity index is 2.17. The Morgan fingerprint density at radius 2 is 2.11 bits per heavy atom. The summed E-state index contributed by atoms with van der Waals surface area (Å²) in [4.78, 5) is 0. The number of fused-ring (bicyclic) bond motifs is 1. The van der Waals surface area contributed by atoms with E-state index >= 15 is 0 Å². The summed E-state index contributed by atoms with van der Waals surface area (Å²) in [5.74, 6) is 0.431. The average Bonchev–Trinajstić information content (AvgIpc) is 2.39. The molecule has 0 spiro atoms. The zero-order valence-corrected chi connectivity index (χ0v) is 12.3. The summed E-state index contributed by atoms with van der Waals surface area (Å²) in [6.45, 7) is 2.21.